The Morgan fingerprint density at radius 2 is 2.00 bits per heavy atom. The highest BCUT2D eigenvalue weighted by Crippen LogP contribution is 2.29. The van der Waals surface area contributed by atoms with Gasteiger partial charge in [-0.05, 0) is 25.0 Å². The van der Waals surface area contributed by atoms with Crippen LogP contribution in [-0.2, 0) is 9.57 Å². The highest BCUT2D eigenvalue weighted by Gasteiger charge is 2.20. The lowest BCUT2D eigenvalue weighted by Gasteiger charge is -2.22. The van der Waals surface area contributed by atoms with Gasteiger partial charge >= 0.3 is 0 Å². The number of carbonyl (C=O) groups is 1. The van der Waals surface area contributed by atoms with E-state index < -0.39 is 17.6 Å². The maximum absolute atomic E-state index is 12.8. The fourth-order valence-electron chi connectivity index (χ4n) is 2.76. The molecule has 8 heteroatoms. The van der Waals surface area contributed by atoms with E-state index in [0.717, 1.165) is 12.8 Å². The van der Waals surface area contributed by atoms with Gasteiger partial charge < -0.3 is 19.2 Å². The van der Waals surface area contributed by atoms with Crippen molar-refractivity contribution in [2.24, 2.45) is 0 Å². The summed E-state index contributed by atoms with van der Waals surface area (Å²) in [6.07, 6.45) is 3.46. The fraction of sp³-hybridized carbons (Fsp3) is 0.412. The number of hydrogen-bond donors (Lipinski definition) is 2. The molecule has 1 aliphatic heterocycles. The number of hydroxylamine groups is 1. The van der Waals surface area contributed by atoms with Gasteiger partial charge in [-0.15, -0.1) is 0 Å². The molecule has 0 unspecified atom stereocenters. The molecule has 1 aromatic heterocycles. The van der Waals surface area contributed by atoms with Gasteiger partial charge in [-0.2, -0.15) is 0 Å². The third kappa shape index (κ3) is 3.45. The molecule has 25 heavy (non-hydrogen) atoms. The average molecular weight is 348 g/mol. The van der Waals surface area contributed by atoms with Gasteiger partial charge in [-0.1, -0.05) is 0 Å². The Morgan fingerprint density at radius 3 is 2.68 bits per heavy atom. The van der Waals surface area contributed by atoms with Gasteiger partial charge in [0, 0.05) is 19.2 Å². The number of nitrogens with one attached hydrogen (secondary N) is 2. The SMILES string of the molecule is COc1ccc(OC)c2c(=O)c(C(=O)NO[C@@H]3CCCCO3)c[nH]c12. The number of hydrogen-bond acceptors (Lipinski definition) is 6. The Morgan fingerprint density at radius 1 is 1.24 bits per heavy atom. The number of methoxy groups -OCH3 is 2. The molecule has 0 radical (unpaired) electrons. The number of fused-ring (bicyclic) bond motifs is 1. The Kier molecular flexibility index (Phi) is 5.20. The fourth-order valence-corrected chi connectivity index (χ4v) is 2.76. The molecule has 1 saturated heterocycles. The summed E-state index contributed by atoms with van der Waals surface area (Å²) in [6.45, 7) is 0.591. The number of benzene rings is 1. The summed E-state index contributed by atoms with van der Waals surface area (Å²) in [6, 6.07) is 3.30. The van der Waals surface area contributed by atoms with E-state index in [1.165, 1.54) is 20.4 Å². The number of rotatable bonds is 5. The van der Waals surface area contributed by atoms with Crippen molar-refractivity contribution in [3.05, 3.63) is 34.1 Å². The van der Waals surface area contributed by atoms with Crippen LogP contribution in [0.25, 0.3) is 10.9 Å². The lowest BCUT2D eigenvalue weighted by molar-refractivity contribution is -0.186. The maximum atomic E-state index is 12.8. The Hall–Kier alpha value is -2.58. The molecule has 134 valence electrons. The highest BCUT2D eigenvalue weighted by molar-refractivity contribution is 5.99. The molecular weight excluding hydrogens is 328 g/mol. The molecule has 0 aliphatic carbocycles. The van der Waals surface area contributed by atoms with Crippen molar-refractivity contribution in [1.29, 1.82) is 0 Å². The first-order valence-electron chi connectivity index (χ1n) is 7.99. The van der Waals surface area contributed by atoms with Gasteiger partial charge in [0.15, 0.2) is 6.29 Å². The van der Waals surface area contributed by atoms with Crippen molar-refractivity contribution >= 4 is 16.8 Å². The molecule has 1 amide bonds. The van der Waals surface area contributed by atoms with Crippen LogP contribution in [0.2, 0.25) is 0 Å². The minimum atomic E-state index is -0.651. The van der Waals surface area contributed by atoms with Crippen LogP contribution in [0.3, 0.4) is 0 Å². The summed E-state index contributed by atoms with van der Waals surface area (Å²) < 4.78 is 15.9. The van der Waals surface area contributed by atoms with Crippen LogP contribution in [0, 0.1) is 0 Å². The minimum absolute atomic E-state index is 0.0881. The van der Waals surface area contributed by atoms with Gasteiger partial charge in [0.1, 0.15) is 17.1 Å². The molecule has 1 fully saturated rings. The quantitative estimate of drug-likeness (QED) is 0.799. The molecule has 0 saturated carbocycles. The molecular formula is C17H20N2O6. The first-order valence-corrected chi connectivity index (χ1v) is 7.99. The molecule has 0 bridgehead atoms. The zero-order chi connectivity index (χ0) is 17.8. The lowest BCUT2D eigenvalue weighted by Crippen LogP contribution is -2.35. The molecule has 8 nitrogen and oxygen atoms in total. The second kappa shape index (κ2) is 7.54. The number of ether oxygens (including phenoxy) is 3. The van der Waals surface area contributed by atoms with E-state index in [2.05, 4.69) is 10.5 Å². The molecule has 2 aromatic rings. The average Bonchev–Trinajstić information content (AvgIpc) is 2.66. The van der Waals surface area contributed by atoms with Gasteiger partial charge in [-0.3, -0.25) is 9.59 Å². The van der Waals surface area contributed by atoms with Crippen LogP contribution < -0.4 is 20.4 Å². The molecule has 1 aromatic carbocycles. The largest absolute Gasteiger partial charge is 0.496 e. The van der Waals surface area contributed by atoms with Crippen molar-refractivity contribution in [2.45, 2.75) is 25.6 Å². The predicted molar refractivity (Wildman–Crippen MR) is 89.8 cm³/mol. The summed E-state index contributed by atoms with van der Waals surface area (Å²) in [5, 5.41) is 0.239. The summed E-state index contributed by atoms with van der Waals surface area (Å²) in [7, 11) is 2.95. The van der Waals surface area contributed by atoms with E-state index in [0.29, 0.717) is 30.0 Å². The van der Waals surface area contributed by atoms with Gasteiger partial charge in [0.05, 0.1) is 25.1 Å². The molecule has 2 heterocycles. The molecule has 0 spiro atoms. The third-order valence-electron chi connectivity index (χ3n) is 4.07. The summed E-state index contributed by atoms with van der Waals surface area (Å²) >= 11 is 0. The summed E-state index contributed by atoms with van der Waals surface area (Å²) in [5.74, 6) is 0.178. The number of H-pyrrole nitrogens is 1. The first-order chi connectivity index (χ1) is 12.2. The smallest absolute Gasteiger partial charge is 0.280 e. The van der Waals surface area contributed by atoms with Crippen molar-refractivity contribution in [3.8, 4) is 11.5 Å². The number of carbonyl (C=O) groups excluding carboxylic acids is 1. The van der Waals surface area contributed by atoms with Crippen LogP contribution in [0.15, 0.2) is 23.1 Å². The van der Waals surface area contributed by atoms with Crippen LogP contribution in [0.5, 0.6) is 11.5 Å². The van der Waals surface area contributed by atoms with Crippen LogP contribution in [0.4, 0.5) is 0 Å². The van der Waals surface area contributed by atoms with Crippen LogP contribution in [0.1, 0.15) is 29.6 Å². The van der Waals surface area contributed by atoms with Crippen molar-refractivity contribution in [3.63, 3.8) is 0 Å². The van der Waals surface area contributed by atoms with Crippen molar-refractivity contribution in [1.82, 2.24) is 10.5 Å². The Bertz CT molecular complexity index is 826. The zero-order valence-corrected chi connectivity index (χ0v) is 14.1. The monoisotopic (exact) mass is 348 g/mol. The van der Waals surface area contributed by atoms with E-state index >= 15 is 0 Å². The molecule has 2 N–H and O–H groups in total. The first kappa shape index (κ1) is 17.2. The summed E-state index contributed by atoms with van der Waals surface area (Å²) in [4.78, 5) is 33.2. The van der Waals surface area contributed by atoms with Crippen LogP contribution in [-0.4, -0.2) is 38.0 Å². The summed E-state index contributed by atoms with van der Waals surface area (Å²) in [5.41, 5.74) is 2.18. The number of aromatic amines is 1. The number of aromatic nitrogens is 1. The standard InChI is InChI=1S/C17H20N2O6/c1-22-11-6-7-12(23-2)15-14(11)16(20)10(9-18-15)17(21)19-25-13-5-3-4-8-24-13/h6-7,9,13H,3-5,8H2,1-2H3,(H,18,20)(H,19,21)/t13-/m1/s1. The van der Waals surface area contributed by atoms with E-state index in [4.69, 9.17) is 19.0 Å². The van der Waals surface area contributed by atoms with E-state index in [-0.39, 0.29) is 10.9 Å². The molecule has 1 aliphatic rings. The Labute approximate surface area is 144 Å². The highest BCUT2D eigenvalue weighted by atomic mass is 16.8. The zero-order valence-electron chi connectivity index (χ0n) is 14.1. The maximum Gasteiger partial charge on any atom is 0.280 e. The molecule has 3 rings (SSSR count). The van der Waals surface area contributed by atoms with Gasteiger partial charge in [0.25, 0.3) is 5.91 Å². The number of pyridine rings is 1. The topological polar surface area (TPSA) is 98.9 Å². The third-order valence-corrected chi connectivity index (χ3v) is 4.07. The lowest BCUT2D eigenvalue weighted by atomic mass is 10.1. The van der Waals surface area contributed by atoms with E-state index in [1.807, 2.05) is 0 Å². The van der Waals surface area contributed by atoms with Crippen LogP contribution >= 0.6 is 0 Å². The normalized spacial score (nSPS) is 17.3. The van der Waals surface area contributed by atoms with Gasteiger partial charge in [-0.25, -0.2) is 10.3 Å². The second-order valence-electron chi connectivity index (χ2n) is 5.60. The van der Waals surface area contributed by atoms with Gasteiger partial charge in [0.2, 0.25) is 5.43 Å². The minimum Gasteiger partial charge on any atom is -0.496 e. The predicted octanol–water partition coefficient (Wildman–Crippen LogP) is 1.73. The van der Waals surface area contributed by atoms with E-state index in [1.54, 1.807) is 12.1 Å². The van der Waals surface area contributed by atoms with Crippen molar-refractivity contribution < 1.29 is 23.8 Å². The number of amides is 1. The van der Waals surface area contributed by atoms with E-state index in [9.17, 15) is 9.59 Å². The molecule has 1 atom stereocenters. The Balaban J connectivity index is 1.90. The second-order valence-corrected chi connectivity index (χ2v) is 5.60. The van der Waals surface area contributed by atoms with Crippen molar-refractivity contribution in [2.75, 3.05) is 20.8 Å².